The van der Waals surface area contributed by atoms with Gasteiger partial charge < -0.3 is 4.43 Å². The summed E-state index contributed by atoms with van der Waals surface area (Å²) in [6.45, 7) is 5.21. The van der Waals surface area contributed by atoms with E-state index >= 15 is 0 Å². The predicted octanol–water partition coefficient (Wildman–Crippen LogP) is 2.74. The zero-order valence-electron chi connectivity index (χ0n) is 8.79. The minimum atomic E-state index is -1.68. The molecule has 1 nitrogen and oxygen atoms in total. The molecule has 0 saturated carbocycles. The van der Waals surface area contributed by atoms with Gasteiger partial charge in [-0.25, -0.2) is 0 Å². The number of halogens is 1. The third-order valence-electron chi connectivity index (χ3n) is 2.21. The molecule has 0 atom stereocenters. The smallest absolute Gasteiger partial charge is 0.218 e. The highest BCUT2D eigenvalue weighted by Crippen LogP contribution is 2.05. The van der Waals surface area contributed by atoms with Gasteiger partial charge in [-0.15, -0.1) is 11.6 Å². The Morgan fingerprint density at radius 3 is 2.43 bits per heavy atom. The van der Waals surface area contributed by atoms with Gasteiger partial charge in [-0.1, -0.05) is 30.3 Å². The SMILES string of the molecule is C[Si](C)(OCCCCl)c1ccccc1. The minimum Gasteiger partial charge on any atom is -0.413 e. The van der Waals surface area contributed by atoms with Crippen LogP contribution >= 0.6 is 11.6 Å². The number of hydrogen-bond acceptors (Lipinski definition) is 1. The number of benzene rings is 1. The Kier molecular flexibility index (Phi) is 4.65. The van der Waals surface area contributed by atoms with E-state index in [4.69, 9.17) is 16.0 Å². The average molecular weight is 229 g/mol. The highest BCUT2D eigenvalue weighted by Gasteiger charge is 2.24. The molecule has 1 aromatic rings. The van der Waals surface area contributed by atoms with Gasteiger partial charge in [0.25, 0.3) is 0 Å². The molecule has 0 aliphatic heterocycles. The first-order chi connectivity index (χ1) is 6.67. The molecule has 0 aliphatic rings. The Balaban J connectivity index is 2.56. The third-order valence-corrected chi connectivity index (χ3v) is 5.13. The quantitative estimate of drug-likeness (QED) is 0.428. The zero-order valence-corrected chi connectivity index (χ0v) is 10.6. The third kappa shape index (κ3) is 3.44. The maximum absolute atomic E-state index is 5.91. The van der Waals surface area contributed by atoms with Gasteiger partial charge >= 0.3 is 0 Å². The molecule has 0 saturated heterocycles. The predicted molar refractivity (Wildman–Crippen MR) is 64.8 cm³/mol. The Labute approximate surface area is 92.2 Å². The Morgan fingerprint density at radius 2 is 1.86 bits per heavy atom. The first-order valence-electron chi connectivity index (χ1n) is 4.92. The van der Waals surface area contributed by atoms with Gasteiger partial charge in [0, 0.05) is 12.5 Å². The number of rotatable bonds is 5. The second-order valence-electron chi connectivity index (χ2n) is 3.77. The van der Waals surface area contributed by atoms with E-state index < -0.39 is 8.32 Å². The summed E-state index contributed by atoms with van der Waals surface area (Å²) in [6, 6.07) is 10.5. The van der Waals surface area contributed by atoms with Crippen LogP contribution in [0.15, 0.2) is 30.3 Å². The fourth-order valence-electron chi connectivity index (χ4n) is 1.30. The molecule has 0 unspecified atom stereocenters. The first-order valence-corrected chi connectivity index (χ1v) is 8.36. The second-order valence-corrected chi connectivity index (χ2v) is 8.03. The Hall–Kier alpha value is -0.313. The van der Waals surface area contributed by atoms with Crippen molar-refractivity contribution in [2.45, 2.75) is 19.5 Å². The maximum Gasteiger partial charge on any atom is 0.218 e. The molecular formula is C11H17ClOSi. The van der Waals surface area contributed by atoms with Crippen LogP contribution in [0.1, 0.15) is 6.42 Å². The summed E-state index contributed by atoms with van der Waals surface area (Å²) in [5.74, 6) is 0.680. The highest BCUT2D eigenvalue weighted by molar-refractivity contribution is 6.84. The molecule has 0 radical (unpaired) electrons. The number of alkyl halides is 1. The van der Waals surface area contributed by atoms with Crippen molar-refractivity contribution in [3.05, 3.63) is 30.3 Å². The summed E-state index contributed by atoms with van der Waals surface area (Å²) >= 11 is 5.61. The topological polar surface area (TPSA) is 9.23 Å². The summed E-state index contributed by atoms with van der Waals surface area (Å²) in [6.07, 6.45) is 0.935. The second kappa shape index (κ2) is 5.54. The molecule has 0 aromatic heterocycles. The molecule has 0 fully saturated rings. The molecule has 1 rings (SSSR count). The van der Waals surface area contributed by atoms with Crippen molar-refractivity contribution in [1.29, 1.82) is 0 Å². The molecule has 0 N–H and O–H groups in total. The van der Waals surface area contributed by atoms with E-state index in [0.717, 1.165) is 13.0 Å². The van der Waals surface area contributed by atoms with Gasteiger partial charge in [-0.3, -0.25) is 0 Å². The fourth-order valence-corrected chi connectivity index (χ4v) is 3.23. The normalized spacial score (nSPS) is 11.6. The van der Waals surface area contributed by atoms with Crippen molar-refractivity contribution >= 4 is 25.1 Å². The van der Waals surface area contributed by atoms with Crippen LogP contribution < -0.4 is 5.19 Å². The van der Waals surface area contributed by atoms with Crippen LogP contribution in [0.4, 0.5) is 0 Å². The molecule has 0 bridgehead atoms. The van der Waals surface area contributed by atoms with E-state index in [2.05, 4.69) is 37.4 Å². The maximum atomic E-state index is 5.91. The van der Waals surface area contributed by atoms with Crippen LogP contribution in [0.25, 0.3) is 0 Å². The molecule has 78 valence electrons. The van der Waals surface area contributed by atoms with E-state index in [1.54, 1.807) is 0 Å². The molecule has 1 aromatic carbocycles. The number of hydrogen-bond donors (Lipinski definition) is 0. The minimum absolute atomic E-state index is 0.680. The van der Waals surface area contributed by atoms with Gasteiger partial charge in [-0.2, -0.15) is 0 Å². The molecular weight excluding hydrogens is 212 g/mol. The van der Waals surface area contributed by atoms with E-state index in [9.17, 15) is 0 Å². The van der Waals surface area contributed by atoms with Crippen LogP contribution in [0, 0.1) is 0 Å². The zero-order chi connectivity index (χ0) is 10.4. The Morgan fingerprint density at radius 1 is 1.21 bits per heavy atom. The lowest BCUT2D eigenvalue weighted by Gasteiger charge is -2.23. The van der Waals surface area contributed by atoms with Crippen LogP contribution in [0.3, 0.4) is 0 Å². The summed E-state index contributed by atoms with van der Waals surface area (Å²) in [7, 11) is -1.68. The Bertz CT molecular complexity index is 261. The summed E-state index contributed by atoms with van der Waals surface area (Å²) < 4.78 is 5.91. The van der Waals surface area contributed by atoms with E-state index in [-0.39, 0.29) is 0 Å². The van der Waals surface area contributed by atoms with Crippen molar-refractivity contribution < 1.29 is 4.43 Å². The molecule has 0 heterocycles. The van der Waals surface area contributed by atoms with Crippen LogP contribution in [-0.2, 0) is 4.43 Å². The van der Waals surface area contributed by atoms with Crippen molar-refractivity contribution in [3.8, 4) is 0 Å². The van der Waals surface area contributed by atoms with Crippen LogP contribution in [0.5, 0.6) is 0 Å². The molecule has 0 spiro atoms. The van der Waals surface area contributed by atoms with Gasteiger partial charge in [-0.05, 0) is 24.7 Å². The van der Waals surface area contributed by atoms with Crippen molar-refractivity contribution in [1.82, 2.24) is 0 Å². The van der Waals surface area contributed by atoms with E-state index in [1.165, 1.54) is 5.19 Å². The van der Waals surface area contributed by atoms with Crippen LogP contribution in [-0.4, -0.2) is 20.8 Å². The highest BCUT2D eigenvalue weighted by atomic mass is 35.5. The summed E-state index contributed by atoms with van der Waals surface area (Å²) in [5, 5.41) is 1.34. The van der Waals surface area contributed by atoms with Crippen molar-refractivity contribution in [2.24, 2.45) is 0 Å². The lowest BCUT2D eigenvalue weighted by Crippen LogP contribution is -2.44. The van der Waals surface area contributed by atoms with E-state index in [1.807, 2.05) is 6.07 Å². The lowest BCUT2D eigenvalue weighted by atomic mass is 10.4. The van der Waals surface area contributed by atoms with Gasteiger partial charge in [0.15, 0.2) is 0 Å². The monoisotopic (exact) mass is 228 g/mol. The average Bonchev–Trinajstić information content (AvgIpc) is 2.19. The largest absolute Gasteiger partial charge is 0.413 e. The van der Waals surface area contributed by atoms with Gasteiger partial charge in [0.1, 0.15) is 0 Å². The van der Waals surface area contributed by atoms with Crippen molar-refractivity contribution in [3.63, 3.8) is 0 Å². The van der Waals surface area contributed by atoms with Crippen LogP contribution in [0.2, 0.25) is 13.1 Å². The summed E-state index contributed by atoms with van der Waals surface area (Å²) in [5.41, 5.74) is 0. The molecule has 14 heavy (non-hydrogen) atoms. The lowest BCUT2D eigenvalue weighted by molar-refractivity contribution is 0.316. The summed E-state index contributed by atoms with van der Waals surface area (Å²) in [4.78, 5) is 0. The molecule has 3 heteroatoms. The van der Waals surface area contributed by atoms with Crippen molar-refractivity contribution in [2.75, 3.05) is 12.5 Å². The molecule has 0 aliphatic carbocycles. The van der Waals surface area contributed by atoms with E-state index in [0.29, 0.717) is 5.88 Å². The standard InChI is InChI=1S/C11H17ClOSi/c1-14(2,13-10-6-9-12)11-7-4-3-5-8-11/h3-5,7-8H,6,9-10H2,1-2H3. The first kappa shape index (κ1) is 11.8. The van der Waals surface area contributed by atoms with Gasteiger partial charge in [0.05, 0.1) is 0 Å². The van der Waals surface area contributed by atoms with Gasteiger partial charge in [0.2, 0.25) is 8.32 Å². The fraction of sp³-hybridized carbons (Fsp3) is 0.455. The molecule has 0 amide bonds.